The van der Waals surface area contributed by atoms with Crippen molar-refractivity contribution in [1.29, 1.82) is 0 Å². The van der Waals surface area contributed by atoms with Crippen LogP contribution in [0.4, 0.5) is 4.39 Å². The molecule has 0 bridgehead atoms. The first-order valence-electron chi connectivity index (χ1n) is 9.52. The van der Waals surface area contributed by atoms with E-state index in [9.17, 15) is 4.39 Å². The maximum atomic E-state index is 12.9. The number of piperazine rings is 1. The Bertz CT molecular complexity index is 595. The van der Waals surface area contributed by atoms with Crippen LogP contribution in [0.3, 0.4) is 0 Å². The molecule has 0 unspecified atom stereocenters. The molecule has 0 aromatic heterocycles. The quantitative estimate of drug-likeness (QED) is 0.785. The first-order valence-corrected chi connectivity index (χ1v) is 9.52. The number of nitrogens with zero attached hydrogens (tertiary/aromatic N) is 2. The molecule has 0 atom stereocenters. The van der Waals surface area contributed by atoms with Crippen molar-refractivity contribution in [1.82, 2.24) is 9.80 Å². The predicted octanol–water partition coefficient (Wildman–Crippen LogP) is 2.68. The Kier molecular flexibility index (Phi) is 8.19. The molecule has 1 aromatic rings. The summed E-state index contributed by atoms with van der Waals surface area (Å²) in [5, 5.41) is 14.8. The molecule has 1 aliphatic heterocycles. The van der Waals surface area contributed by atoms with Crippen molar-refractivity contribution in [3.8, 4) is 0 Å². The predicted molar refractivity (Wildman–Crippen MR) is 99.9 cm³/mol. The van der Waals surface area contributed by atoms with Crippen molar-refractivity contribution in [3.05, 3.63) is 35.6 Å². The van der Waals surface area contributed by atoms with Crippen LogP contribution in [-0.2, 0) is 16.1 Å². The van der Waals surface area contributed by atoms with E-state index in [4.69, 9.17) is 19.8 Å². The molecule has 0 spiro atoms. The van der Waals surface area contributed by atoms with Gasteiger partial charge in [-0.3, -0.25) is 9.80 Å². The molecule has 27 heavy (non-hydrogen) atoms. The number of carboxylic acids is 2. The van der Waals surface area contributed by atoms with Crippen LogP contribution < -0.4 is 0 Å². The lowest BCUT2D eigenvalue weighted by Crippen LogP contribution is -2.50. The standard InChI is InChI=1S/C18H27FN2.C2H2O4/c1-15-2-8-18(9-3-15)21-12-10-20(11-13-21)14-16-4-6-17(19)7-5-16;3-1(4)2(5)6/h4-7,15,18H,2-3,8-14H2,1H3;(H,3,4)(H,5,6). The first kappa shape index (κ1) is 21.3. The zero-order valence-corrected chi connectivity index (χ0v) is 15.8. The summed E-state index contributed by atoms with van der Waals surface area (Å²) in [4.78, 5) is 23.4. The van der Waals surface area contributed by atoms with Gasteiger partial charge in [-0.1, -0.05) is 19.1 Å². The van der Waals surface area contributed by atoms with E-state index >= 15 is 0 Å². The van der Waals surface area contributed by atoms with Gasteiger partial charge in [0.2, 0.25) is 0 Å². The number of halogens is 1. The Hall–Kier alpha value is -1.99. The van der Waals surface area contributed by atoms with Gasteiger partial charge in [0.05, 0.1) is 0 Å². The lowest BCUT2D eigenvalue weighted by Gasteiger charge is -2.41. The largest absolute Gasteiger partial charge is 0.473 e. The number of rotatable bonds is 3. The van der Waals surface area contributed by atoms with E-state index in [1.165, 1.54) is 44.3 Å². The Balaban J connectivity index is 0.000000380. The second-order valence-electron chi connectivity index (χ2n) is 7.46. The van der Waals surface area contributed by atoms with Crippen LogP contribution in [0.1, 0.15) is 38.2 Å². The second kappa shape index (κ2) is 10.4. The summed E-state index contributed by atoms with van der Waals surface area (Å²) < 4.78 is 12.9. The normalized spacial score (nSPS) is 23.9. The number of benzene rings is 1. The van der Waals surface area contributed by atoms with Crippen LogP contribution in [0, 0.1) is 11.7 Å². The van der Waals surface area contributed by atoms with Gasteiger partial charge in [0.1, 0.15) is 5.82 Å². The lowest BCUT2D eigenvalue weighted by molar-refractivity contribution is -0.159. The molecule has 2 aliphatic rings. The highest BCUT2D eigenvalue weighted by molar-refractivity contribution is 6.27. The van der Waals surface area contributed by atoms with E-state index in [1.54, 1.807) is 12.1 Å². The highest BCUT2D eigenvalue weighted by atomic mass is 19.1. The lowest BCUT2D eigenvalue weighted by atomic mass is 9.86. The van der Waals surface area contributed by atoms with Crippen molar-refractivity contribution < 1.29 is 24.2 Å². The molecule has 3 rings (SSSR count). The van der Waals surface area contributed by atoms with Gasteiger partial charge in [0, 0.05) is 38.8 Å². The van der Waals surface area contributed by atoms with Crippen molar-refractivity contribution in [2.75, 3.05) is 26.2 Å². The average molecular weight is 380 g/mol. The number of aliphatic carboxylic acids is 2. The average Bonchev–Trinajstić information content (AvgIpc) is 2.65. The molecule has 0 radical (unpaired) electrons. The number of hydrogen-bond donors (Lipinski definition) is 2. The minimum atomic E-state index is -1.82. The summed E-state index contributed by atoms with van der Waals surface area (Å²) in [7, 11) is 0. The van der Waals surface area contributed by atoms with Crippen LogP contribution in [0.2, 0.25) is 0 Å². The Morgan fingerprint density at radius 3 is 1.96 bits per heavy atom. The van der Waals surface area contributed by atoms with E-state index in [0.717, 1.165) is 31.6 Å². The molecular weight excluding hydrogens is 351 g/mol. The molecule has 1 heterocycles. The molecule has 1 saturated carbocycles. The molecular formula is C20H29FN2O4. The summed E-state index contributed by atoms with van der Waals surface area (Å²) >= 11 is 0. The zero-order chi connectivity index (χ0) is 19.8. The molecule has 7 heteroatoms. The first-order chi connectivity index (χ1) is 12.8. The van der Waals surface area contributed by atoms with Crippen LogP contribution in [0.15, 0.2) is 24.3 Å². The second-order valence-corrected chi connectivity index (χ2v) is 7.46. The molecule has 1 aromatic carbocycles. The van der Waals surface area contributed by atoms with E-state index in [2.05, 4.69) is 16.7 Å². The molecule has 2 N–H and O–H groups in total. The maximum Gasteiger partial charge on any atom is 0.414 e. The molecule has 1 saturated heterocycles. The number of carbonyl (C=O) groups is 2. The summed E-state index contributed by atoms with van der Waals surface area (Å²) in [6.45, 7) is 8.01. The third-order valence-corrected chi connectivity index (χ3v) is 5.41. The SMILES string of the molecule is CC1CCC(N2CCN(Cc3ccc(F)cc3)CC2)CC1.O=C(O)C(=O)O. The Labute approximate surface area is 159 Å². The van der Waals surface area contributed by atoms with Gasteiger partial charge in [0.15, 0.2) is 0 Å². The minimum Gasteiger partial charge on any atom is -0.473 e. The van der Waals surface area contributed by atoms with E-state index in [-0.39, 0.29) is 5.82 Å². The molecule has 150 valence electrons. The molecule has 0 amide bonds. The fourth-order valence-electron chi connectivity index (χ4n) is 3.74. The van der Waals surface area contributed by atoms with Crippen molar-refractivity contribution in [2.24, 2.45) is 5.92 Å². The van der Waals surface area contributed by atoms with Gasteiger partial charge in [-0.25, -0.2) is 14.0 Å². The monoisotopic (exact) mass is 380 g/mol. The third-order valence-electron chi connectivity index (χ3n) is 5.41. The van der Waals surface area contributed by atoms with E-state index < -0.39 is 11.9 Å². The third kappa shape index (κ3) is 7.27. The minimum absolute atomic E-state index is 0.143. The van der Waals surface area contributed by atoms with E-state index in [0.29, 0.717) is 0 Å². The molecule has 1 aliphatic carbocycles. The Morgan fingerprint density at radius 2 is 1.48 bits per heavy atom. The highest BCUT2D eigenvalue weighted by Gasteiger charge is 2.26. The summed E-state index contributed by atoms with van der Waals surface area (Å²) in [5.41, 5.74) is 1.22. The molecule has 6 nitrogen and oxygen atoms in total. The summed E-state index contributed by atoms with van der Waals surface area (Å²) in [5.74, 6) is -2.86. The topological polar surface area (TPSA) is 81.1 Å². The number of carboxylic acid groups (broad SMARTS) is 2. The highest BCUT2D eigenvalue weighted by Crippen LogP contribution is 2.27. The zero-order valence-electron chi connectivity index (χ0n) is 15.8. The fourth-order valence-corrected chi connectivity index (χ4v) is 3.74. The fraction of sp³-hybridized carbons (Fsp3) is 0.600. The van der Waals surface area contributed by atoms with Crippen LogP contribution in [0.25, 0.3) is 0 Å². The van der Waals surface area contributed by atoms with Gasteiger partial charge in [-0.2, -0.15) is 0 Å². The van der Waals surface area contributed by atoms with Crippen molar-refractivity contribution in [3.63, 3.8) is 0 Å². The van der Waals surface area contributed by atoms with Crippen LogP contribution in [0.5, 0.6) is 0 Å². The number of hydrogen-bond acceptors (Lipinski definition) is 4. The van der Waals surface area contributed by atoms with Crippen molar-refractivity contribution >= 4 is 11.9 Å². The van der Waals surface area contributed by atoms with E-state index in [1.807, 2.05) is 12.1 Å². The van der Waals surface area contributed by atoms with Gasteiger partial charge in [-0.05, 0) is 49.3 Å². The van der Waals surface area contributed by atoms with Crippen LogP contribution >= 0.6 is 0 Å². The van der Waals surface area contributed by atoms with Gasteiger partial charge in [0.25, 0.3) is 0 Å². The smallest absolute Gasteiger partial charge is 0.414 e. The van der Waals surface area contributed by atoms with Gasteiger partial charge >= 0.3 is 11.9 Å². The Morgan fingerprint density at radius 1 is 0.963 bits per heavy atom. The van der Waals surface area contributed by atoms with Gasteiger partial charge < -0.3 is 10.2 Å². The van der Waals surface area contributed by atoms with Crippen LogP contribution in [-0.4, -0.2) is 64.2 Å². The molecule has 2 fully saturated rings. The van der Waals surface area contributed by atoms with Crippen molar-refractivity contribution in [2.45, 2.75) is 45.2 Å². The summed E-state index contributed by atoms with van der Waals surface area (Å²) in [6, 6.07) is 7.77. The maximum absolute atomic E-state index is 12.9. The summed E-state index contributed by atoms with van der Waals surface area (Å²) in [6.07, 6.45) is 5.58. The van der Waals surface area contributed by atoms with Gasteiger partial charge in [-0.15, -0.1) is 0 Å².